The van der Waals surface area contributed by atoms with Crippen molar-refractivity contribution < 1.29 is 14.7 Å². The van der Waals surface area contributed by atoms with E-state index in [1.54, 1.807) is 23.1 Å². The van der Waals surface area contributed by atoms with E-state index in [2.05, 4.69) is 12.2 Å². The van der Waals surface area contributed by atoms with Gasteiger partial charge < -0.3 is 15.3 Å². The summed E-state index contributed by atoms with van der Waals surface area (Å²) < 4.78 is 0. The summed E-state index contributed by atoms with van der Waals surface area (Å²) in [5.74, 6) is -0.385. The zero-order valence-corrected chi connectivity index (χ0v) is 11.8. The number of aromatic carboxylic acids is 1. The van der Waals surface area contributed by atoms with Crippen molar-refractivity contribution in [2.24, 2.45) is 5.92 Å². The average Bonchev–Trinajstić information content (AvgIpc) is 2.41. The third kappa shape index (κ3) is 3.29. The first-order valence-corrected chi connectivity index (χ1v) is 6.87. The quantitative estimate of drug-likeness (QED) is 0.872. The Balaban J connectivity index is 2.10. The zero-order valence-electron chi connectivity index (χ0n) is 11.8. The van der Waals surface area contributed by atoms with Crippen LogP contribution >= 0.6 is 0 Å². The van der Waals surface area contributed by atoms with E-state index in [-0.39, 0.29) is 11.6 Å². The lowest BCUT2D eigenvalue weighted by molar-refractivity contribution is 0.0698. The molecule has 2 rings (SSSR count). The van der Waals surface area contributed by atoms with Crippen LogP contribution in [0.1, 0.15) is 35.7 Å². The molecular weight excluding hydrogens is 256 g/mol. The van der Waals surface area contributed by atoms with Crippen LogP contribution in [-0.2, 0) is 0 Å². The predicted molar refractivity (Wildman–Crippen MR) is 77.1 cm³/mol. The first-order valence-electron chi connectivity index (χ1n) is 6.87. The Kier molecular flexibility index (Phi) is 4.27. The van der Waals surface area contributed by atoms with Gasteiger partial charge in [0.05, 0.1) is 11.3 Å². The number of nitrogens with one attached hydrogen (secondary N) is 1. The molecule has 0 saturated carbocycles. The number of anilines is 1. The number of amides is 2. The molecule has 20 heavy (non-hydrogen) atoms. The molecule has 0 atom stereocenters. The maximum atomic E-state index is 12.2. The number of likely N-dealkylation sites (tertiary alicyclic amines) is 1. The normalized spacial score (nSPS) is 16.0. The van der Waals surface area contributed by atoms with E-state index in [1.165, 1.54) is 0 Å². The highest BCUT2D eigenvalue weighted by Gasteiger charge is 2.21. The van der Waals surface area contributed by atoms with Gasteiger partial charge in [-0.05, 0) is 37.8 Å². The predicted octanol–water partition coefficient (Wildman–Crippen LogP) is 2.96. The van der Waals surface area contributed by atoms with E-state index in [9.17, 15) is 14.7 Å². The summed E-state index contributed by atoms with van der Waals surface area (Å²) in [6, 6.07) is 4.78. The van der Waals surface area contributed by atoms with Gasteiger partial charge in [0.15, 0.2) is 0 Å². The van der Waals surface area contributed by atoms with Gasteiger partial charge in [0.2, 0.25) is 0 Å². The molecule has 1 aromatic carbocycles. The highest BCUT2D eigenvalue weighted by molar-refractivity contribution is 6.00. The first-order chi connectivity index (χ1) is 9.47. The van der Waals surface area contributed by atoms with Crippen molar-refractivity contribution >= 4 is 17.7 Å². The van der Waals surface area contributed by atoms with Gasteiger partial charge in [-0.3, -0.25) is 0 Å². The SMILES string of the molecule is Cc1ccc(NC(=O)N2CCC(C)CC2)c(C(=O)O)c1. The molecule has 0 radical (unpaired) electrons. The monoisotopic (exact) mass is 276 g/mol. The number of rotatable bonds is 2. The summed E-state index contributed by atoms with van der Waals surface area (Å²) in [6.07, 6.45) is 1.99. The maximum Gasteiger partial charge on any atom is 0.337 e. The smallest absolute Gasteiger partial charge is 0.337 e. The molecule has 0 bridgehead atoms. The summed E-state index contributed by atoms with van der Waals surface area (Å²) in [7, 11) is 0. The molecular formula is C15H20N2O3. The largest absolute Gasteiger partial charge is 0.478 e. The van der Waals surface area contributed by atoms with Gasteiger partial charge in [0, 0.05) is 13.1 Å². The third-order valence-electron chi connectivity index (χ3n) is 3.72. The number of carboxylic acid groups (broad SMARTS) is 1. The summed E-state index contributed by atoms with van der Waals surface area (Å²) in [4.78, 5) is 25.1. The van der Waals surface area contributed by atoms with E-state index >= 15 is 0 Å². The molecule has 0 aromatic heterocycles. The van der Waals surface area contributed by atoms with Crippen molar-refractivity contribution in [2.75, 3.05) is 18.4 Å². The van der Waals surface area contributed by atoms with Crippen molar-refractivity contribution in [3.05, 3.63) is 29.3 Å². The lowest BCUT2D eigenvalue weighted by Gasteiger charge is -2.30. The Morgan fingerprint density at radius 2 is 1.95 bits per heavy atom. The van der Waals surface area contributed by atoms with Gasteiger partial charge >= 0.3 is 12.0 Å². The molecule has 1 aromatic rings. The lowest BCUT2D eigenvalue weighted by atomic mass is 10.00. The van der Waals surface area contributed by atoms with Crippen LogP contribution in [0, 0.1) is 12.8 Å². The van der Waals surface area contributed by atoms with Crippen molar-refractivity contribution in [2.45, 2.75) is 26.7 Å². The number of benzene rings is 1. The van der Waals surface area contributed by atoms with E-state index < -0.39 is 5.97 Å². The van der Waals surface area contributed by atoms with Crippen molar-refractivity contribution in [1.82, 2.24) is 4.90 Å². The molecule has 2 N–H and O–H groups in total. The summed E-state index contributed by atoms with van der Waals surface area (Å²) in [6.45, 7) is 5.45. The minimum absolute atomic E-state index is 0.128. The van der Waals surface area contributed by atoms with Crippen LogP contribution < -0.4 is 5.32 Å². The highest BCUT2D eigenvalue weighted by Crippen LogP contribution is 2.20. The van der Waals surface area contributed by atoms with E-state index in [0.717, 1.165) is 31.5 Å². The minimum Gasteiger partial charge on any atom is -0.478 e. The number of urea groups is 1. The van der Waals surface area contributed by atoms with Crippen LogP contribution in [0.5, 0.6) is 0 Å². The number of hydrogen-bond acceptors (Lipinski definition) is 2. The van der Waals surface area contributed by atoms with Crippen molar-refractivity contribution in [3.63, 3.8) is 0 Å². The molecule has 1 saturated heterocycles. The summed E-state index contributed by atoms with van der Waals surface area (Å²) >= 11 is 0. The second kappa shape index (κ2) is 5.94. The van der Waals surface area contributed by atoms with Crippen LogP contribution in [0.3, 0.4) is 0 Å². The van der Waals surface area contributed by atoms with Gasteiger partial charge in [-0.15, -0.1) is 0 Å². The van der Waals surface area contributed by atoms with Crippen LogP contribution in [-0.4, -0.2) is 35.1 Å². The molecule has 1 fully saturated rings. The number of carbonyl (C=O) groups excluding carboxylic acids is 1. The Morgan fingerprint density at radius 3 is 2.55 bits per heavy atom. The van der Waals surface area contributed by atoms with Crippen molar-refractivity contribution in [3.8, 4) is 0 Å². The number of aryl methyl sites for hydroxylation is 1. The maximum absolute atomic E-state index is 12.2. The number of carboxylic acids is 1. The highest BCUT2D eigenvalue weighted by atomic mass is 16.4. The Hall–Kier alpha value is -2.04. The zero-order chi connectivity index (χ0) is 14.7. The molecule has 1 aliphatic rings. The number of piperidine rings is 1. The van der Waals surface area contributed by atoms with Gasteiger partial charge in [-0.2, -0.15) is 0 Å². The van der Waals surface area contributed by atoms with Gasteiger partial charge in [-0.1, -0.05) is 18.6 Å². The molecule has 2 amide bonds. The number of hydrogen-bond donors (Lipinski definition) is 2. The summed E-state index contributed by atoms with van der Waals surface area (Å²) in [5.41, 5.74) is 1.34. The Morgan fingerprint density at radius 1 is 1.30 bits per heavy atom. The van der Waals surface area contributed by atoms with Crippen LogP contribution in [0.2, 0.25) is 0 Å². The van der Waals surface area contributed by atoms with Gasteiger partial charge in [0.25, 0.3) is 0 Å². The fraction of sp³-hybridized carbons (Fsp3) is 0.467. The molecule has 5 nitrogen and oxygen atoms in total. The minimum atomic E-state index is -1.03. The molecule has 1 heterocycles. The van der Waals surface area contributed by atoms with Crippen molar-refractivity contribution in [1.29, 1.82) is 0 Å². The lowest BCUT2D eigenvalue weighted by Crippen LogP contribution is -2.40. The molecule has 1 aliphatic heterocycles. The Labute approximate surface area is 118 Å². The fourth-order valence-electron chi connectivity index (χ4n) is 2.35. The fourth-order valence-corrected chi connectivity index (χ4v) is 2.35. The van der Waals surface area contributed by atoms with Gasteiger partial charge in [0.1, 0.15) is 0 Å². The molecule has 5 heteroatoms. The topological polar surface area (TPSA) is 69.6 Å². The first kappa shape index (κ1) is 14.4. The van der Waals surface area contributed by atoms with E-state index in [4.69, 9.17) is 0 Å². The number of carbonyl (C=O) groups is 2. The standard InChI is InChI=1S/C15H20N2O3/c1-10-5-7-17(8-6-10)15(20)16-13-4-3-11(2)9-12(13)14(18)19/h3-4,9-10H,5-8H2,1-2H3,(H,16,20)(H,18,19). The second-order valence-electron chi connectivity index (χ2n) is 5.45. The van der Waals surface area contributed by atoms with E-state index in [0.29, 0.717) is 11.6 Å². The molecule has 0 aliphatic carbocycles. The van der Waals surface area contributed by atoms with Gasteiger partial charge in [-0.25, -0.2) is 9.59 Å². The molecule has 0 unspecified atom stereocenters. The third-order valence-corrected chi connectivity index (χ3v) is 3.72. The number of nitrogens with zero attached hydrogens (tertiary/aromatic N) is 1. The second-order valence-corrected chi connectivity index (χ2v) is 5.45. The van der Waals surface area contributed by atoms with E-state index in [1.807, 2.05) is 6.92 Å². The molecule has 108 valence electrons. The van der Waals surface area contributed by atoms with Crippen LogP contribution in [0.15, 0.2) is 18.2 Å². The van der Waals surface area contributed by atoms with Crippen LogP contribution in [0.25, 0.3) is 0 Å². The average molecular weight is 276 g/mol. The molecule has 0 spiro atoms. The Bertz CT molecular complexity index is 520. The van der Waals surface area contributed by atoms with Crippen LogP contribution in [0.4, 0.5) is 10.5 Å². The summed E-state index contributed by atoms with van der Waals surface area (Å²) in [5, 5.41) is 11.9.